The zero-order valence-electron chi connectivity index (χ0n) is 11.0. The molecule has 94 valence electrons. The number of hydrogen-bond donors (Lipinski definition) is 1. The van der Waals surface area contributed by atoms with E-state index in [1.807, 2.05) is 45.9 Å². The van der Waals surface area contributed by atoms with E-state index in [4.69, 9.17) is 10.5 Å². The van der Waals surface area contributed by atoms with Crippen molar-refractivity contribution in [2.45, 2.75) is 40.2 Å². The largest absolute Gasteiger partial charge is 0.425 e. The molecule has 0 bridgehead atoms. The van der Waals surface area contributed by atoms with Gasteiger partial charge in [-0.1, -0.05) is 32.0 Å². The Labute approximate surface area is 103 Å². The average molecular weight is 235 g/mol. The van der Waals surface area contributed by atoms with E-state index in [1.54, 1.807) is 0 Å². The maximum Gasteiger partial charge on any atom is 0.328 e. The number of para-hydroxylation sites is 1. The molecule has 0 aliphatic carbocycles. The van der Waals surface area contributed by atoms with Gasteiger partial charge < -0.3 is 10.5 Å². The van der Waals surface area contributed by atoms with Gasteiger partial charge in [-0.25, -0.2) is 4.79 Å². The number of carbonyl (C=O) groups is 1. The van der Waals surface area contributed by atoms with Gasteiger partial charge in [0.1, 0.15) is 11.8 Å². The fourth-order valence-corrected chi connectivity index (χ4v) is 1.74. The highest BCUT2D eigenvalue weighted by Gasteiger charge is 2.18. The average Bonchev–Trinajstić information content (AvgIpc) is 2.22. The van der Waals surface area contributed by atoms with Crippen LogP contribution in [-0.2, 0) is 4.79 Å². The first-order valence-electron chi connectivity index (χ1n) is 5.95. The molecule has 0 heterocycles. The van der Waals surface area contributed by atoms with Crippen molar-refractivity contribution >= 4 is 5.97 Å². The second-order valence-corrected chi connectivity index (χ2v) is 4.88. The van der Waals surface area contributed by atoms with Crippen molar-refractivity contribution in [3.05, 3.63) is 29.3 Å². The van der Waals surface area contributed by atoms with E-state index in [9.17, 15) is 4.79 Å². The molecule has 1 atom stereocenters. The fourth-order valence-electron chi connectivity index (χ4n) is 1.74. The topological polar surface area (TPSA) is 52.3 Å². The molecule has 0 saturated heterocycles. The summed E-state index contributed by atoms with van der Waals surface area (Å²) in [7, 11) is 0. The molecule has 0 aliphatic heterocycles. The van der Waals surface area contributed by atoms with Crippen LogP contribution in [-0.4, -0.2) is 12.0 Å². The number of ether oxygens (including phenoxy) is 1. The van der Waals surface area contributed by atoms with E-state index < -0.39 is 6.04 Å². The quantitative estimate of drug-likeness (QED) is 0.644. The van der Waals surface area contributed by atoms with Crippen LogP contribution in [0, 0.1) is 19.8 Å². The van der Waals surface area contributed by atoms with Gasteiger partial charge in [-0.3, -0.25) is 0 Å². The number of rotatable bonds is 4. The summed E-state index contributed by atoms with van der Waals surface area (Å²) in [5.74, 6) is 0.670. The summed E-state index contributed by atoms with van der Waals surface area (Å²) in [6, 6.07) is 5.23. The lowest BCUT2D eigenvalue weighted by atomic mass is 10.0. The predicted molar refractivity (Wildman–Crippen MR) is 69.0 cm³/mol. The van der Waals surface area contributed by atoms with Crippen LogP contribution >= 0.6 is 0 Å². The summed E-state index contributed by atoms with van der Waals surface area (Å²) < 4.78 is 5.37. The monoisotopic (exact) mass is 235 g/mol. The summed E-state index contributed by atoms with van der Waals surface area (Å²) in [4.78, 5) is 11.8. The molecule has 1 aromatic carbocycles. The lowest BCUT2D eigenvalue weighted by Gasteiger charge is -2.15. The second kappa shape index (κ2) is 5.82. The second-order valence-electron chi connectivity index (χ2n) is 4.88. The first-order chi connectivity index (χ1) is 7.91. The molecule has 3 nitrogen and oxygen atoms in total. The van der Waals surface area contributed by atoms with Gasteiger partial charge in [0.15, 0.2) is 0 Å². The van der Waals surface area contributed by atoms with Crippen molar-refractivity contribution in [1.29, 1.82) is 0 Å². The molecule has 0 aromatic heterocycles. The number of carbonyl (C=O) groups excluding carboxylic acids is 1. The molecule has 0 radical (unpaired) electrons. The molecule has 1 aromatic rings. The fraction of sp³-hybridized carbons (Fsp3) is 0.500. The van der Waals surface area contributed by atoms with Crippen LogP contribution in [0.25, 0.3) is 0 Å². The van der Waals surface area contributed by atoms with Crippen molar-refractivity contribution in [3.8, 4) is 5.75 Å². The highest BCUT2D eigenvalue weighted by molar-refractivity contribution is 5.78. The van der Waals surface area contributed by atoms with Crippen LogP contribution in [0.2, 0.25) is 0 Å². The zero-order valence-corrected chi connectivity index (χ0v) is 11.0. The third-order valence-corrected chi connectivity index (χ3v) is 2.64. The van der Waals surface area contributed by atoms with Gasteiger partial charge in [-0.05, 0) is 37.3 Å². The lowest BCUT2D eigenvalue weighted by Crippen LogP contribution is -2.35. The molecular formula is C14H21NO2. The van der Waals surface area contributed by atoms with Gasteiger partial charge in [-0.2, -0.15) is 0 Å². The molecule has 1 rings (SSSR count). The van der Waals surface area contributed by atoms with Gasteiger partial charge >= 0.3 is 5.97 Å². The number of esters is 1. The maximum atomic E-state index is 11.8. The number of hydrogen-bond acceptors (Lipinski definition) is 3. The molecule has 0 fully saturated rings. The Morgan fingerprint density at radius 3 is 2.29 bits per heavy atom. The number of nitrogens with two attached hydrogens (primary N) is 1. The highest BCUT2D eigenvalue weighted by atomic mass is 16.5. The summed E-state index contributed by atoms with van der Waals surface area (Å²) in [6.07, 6.45) is 0.643. The van der Waals surface area contributed by atoms with Crippen molar-refractivity contribution in [2.75, 3.05) is 0 Å². The molecule has 2 N–H and O–H groups in total. The van der Waals surface area contributed by atoms with Gasteiger partial charge in [0, 0.05) is 0 Å². The molecular weight excluding hydrogens is 214 g/mol. The highest BCUT2D eigenvalue weighted by Crippen LogP contribution is 2.23. The van der Waals surface area contributed by atoms with E-state index >= 15 is 0 Å². The first kappa shape index (κ1) is 13.7. The Morgan fingerprint density at radius 1 is 1.29 bits per heavy atom. The van der Waals surface area contributed by atoms with Crippen molar-refractivity contribution < 1.29 is 9.53 Å². The third-order valence-electron chi connectivity index (χ3n) is 2.64. The summed E-state index contributed by atoms with van der Waals surface area (Å²) in [5, 5.41) is 0. The van der Waals surface area contributed by atoms with E-state index in [0.717, 1.165) is 11.1 Å². The molecule has 3 heteroatoms. The molecule has 0 amide bonds. The summed E-state index contributed by atoms with van der Waals surface area (Å²) in [5.41, 5.74) is 7.70. The van der Waals surface area contributed by atoms with Crippen LogP contribution in [0.4, 0.5) is 0 Å². The number of benzene rings is 1. The smallest absolute Gasteiger partial charge is 0.328 e. The Balaban J connectivity index is 2.74. The van der Waals surface area contributed by atoms with E-state index in [0.29, 0.717) is 18.1 Å². The molecule has 0 aliphatic rings. The van der Waals surface area contributed by atoms with E-state index in [-0.39, 0.29) is 5.97 Å². The van der Waals surface area contributed by atoms with Gasteiger partial charge in [0.05, 0.1) is 0 Å². The minimum Gasteiger partial charge on any atom is -0.425 e. The summed E-state index contributed by atoms with van der Waals surface area (Å²) >= 11 is 0. The van der Waals surface area contributed by atoms with Crippen molar-refractivity contribution in [2.24, 2.45) is 11.7 Å². The van der Waals surface area contributed by atoms with Gasteiger partial charge in [0.2, 0.25) is 0 Å². The van der Waals surface area contributed by atoms with Gasteiger partial charge in [0.25, 0.3) is 0 Å². The van der Waals surface area contributed by atoms with Crippen molar-refractivity contribution in [1.82, 2.24) is 0 Å². The Morgan fingerprint density at radius 2 is 1.82 bits per heavy atom. The lowest BCUT2D eigenvalue weighted by molar-refractivity contribution is -0.136. The third kappa shape index (κ3) is 3.86. The summed E-state index contributed by atoms with van der Waals surface area (Å²) in [6.45, 7) is 7.91. The van der Waals surface area contributed by atoms with Gasteiger partial charge in [-0.15, -0.1) is 0 Å². The Hall–Kier alpha value is -1.35. The maximum absolute atomic E-state index is 11.8. The van der Waals surface area contributed by atoms with Crippen LogP contribution in [0.1, 0.15) is 31.4 Å². The zero-order chi connectivity index (χ0) is 13.0. The SMILES string of the molecule is Cc1cccc(C)c1OC(=O)C(N)CC(C)C. The van der Waals surface area contributed by atoms with Crippen LogP contribution < -0.4 is 10.5 Å². The standard InChI is InChI=1S/C14H21NO2/c1-9(2)8-12(15)14(16)17-13-10(3)6-5-7-11(13)4/h5-7,9,12H,8,15H2,1-4H3. The van der Waals surface area contributed by atoms with E-state index in [1.165, 1.54) is 0 Å². The normalized spacial score (nSPS) is 12.6. The molecule has 0 saturated carbocycles. The Kier molecular flexibility index (Phi) is 4.70. The van der Waals surface area contributed by atoms with Crippen LogP contribution in [0.5, 0.6) is 5.75 Å². The number of aryl methyl sites for hydroxylation is 2. The minimum absolute atomic E-state index is 0.351. The minimum atomic E-state index is -0.547. The molecule has 0 spiro atoms. The van der Waals surface area contributed by atoms with Crippen LogP contribution in [0.3, 0.4) is 0 Å². The van der Waals surface area contributed by atoms with E-state index in [2.05, 4.69) is 0 Å². The van der Waals surface area contributed by atoms with Crippen molar-refractivity contribution in [3.63, 3.8) is 0 Å². The predicted octanol–water partition coefficient (Wildman–Crippen LogP) is 2.58. The Bertz CT molecular complexity index is 379. The van der Waals surface area contributed by atoms with Crippen LogP contribution in [0.15, 0.2) is 18.2 Å². The molecule has 17 heavy (non-hydrogen) atoms. The molecule has 1 unspecified atom stereocenters. The first-order valence-corrected chi connectivity index (χ1v) is 5.95.